The number of hydrogen-bond acceptors (Lipinski definition) is 3. The molecule has 0 aliphatic rings. The van der Waals surface area contributed by atoms with Crippen molar-refractivity contribution in [2.45, 2.75) is 46.6 Å². The zero-order valence-corrected chi connectivity index (χ0v) is 12.9. The Morgan fingerprint density at radius 3 is 2.26 bits per heavy atom. The van der Waals surface area contributed by atoms with Crippen LogP contribution in [0.25, 0.3) is 0 Å². The summed E-state index contributed by atoms with van der Waals surface area (Å²) in [6.07, 6.45) is 2.00. The van der Waals surface area contributed by atoms with Crippen LogP contribution in [0.4, 0.5) is 0 Å². The molecule has 2 atom stereocenters. The van der Waals surface area contributed by atoms with E-state index in [9.17, 15) is 0 Å². The quantitative estimate of drug-likeness (QED) is 0.588. The highest BCUT2D eigenvalue weighted by atomic mass is 16.5. The van der Waals surface area contributed by atoms with Crippen molar-refractivity contribution in [2.75, 3.05) is 13.7 Å². The van der Waals surface area contributed by atoms with Crippen LogP contribution < -0.4 is 11.3 Å². The van der Waals surface area contributed by atoms with Crippen LogP contribution in [-0.4, -0.2) is 19.8 Å². The summed E-state index contributed by atoms with van der Waals surface area (Å²) >= 11 is 0. The minimum Gasteiger partial charge on any atom is -0.384 e. The monoisotopic (exact) mass is 264 g/mol. The van der Waals surface area contributed by atoms with Crippen molar-refractivity contribution in [2.24, 2.45) is 11.8 Å². The molecule has 0 aromatic heterocycles. The van der Waals surface area contributed by atoms with Gasteiger partial charge < -0.3 is 4.74 Å². The van der Waals surface area contributed by atoms with Gasteiger partial charge >= 0.3 is 0 Å². The van der Waals surface area contributed by atoms with Crippen LogP contribution in [0.2, 0.25) is 0 Å². The summed E-state index contributed by atoms with van der Waals surface area (Å²) in [5.41, 5.74) is 8.41. The van der Waals surface area contributed by atoms with Crippen LogP contribution in [-0.2, 0) is 11.2 Å². The first-order valence-electron chi connectivity index (χ1n) is 6.99. The van der Waals surface area contributed by atoms with E-state index in [1.54, 1.807) is 7.11 Å². The Morgan fingerprint density at radius 1 is 1.21 bits per heavy atom. The van der Waals surface area contributed by atoms with E-state index < -0.39 is 0 Å². The lowest BCUT2D eigenvalue weighted by atomic mass is 9.91. The molecule has 0 spiro atoms. The van der Waals surface area contributed by atoms with E-state index in [1.165, 1.54) is 22.3 Å². The van der Waals surface area contributed by atoms with Crippen LogP contribution in [0.3, 0.4) is 0 Å². The number of methoxy groups -OCH3 is 1. The van der Waals surface area contributed by atoms with E-state index in [-0.39, 0.29) is 0 Å². The molecule has 19 heavy (non-hydrogen) atoms. The average Bonchev–Trinajstić information content (AvgIpc) is 2.32. The molecule has 108 valence electrons. The van der Waals surface area contributed by atoms with Gasteiger partial charge in [-0.2, -0.15) is 0 Å². The van der Waals surface area contributed by atoms with Crippen molar-refractivity contribution in [1.82, 2.24) is 5.43 Å². The van der Waals surface area contributed by atoms with Gasteiger partial charge in [0, 0.05) is 19.8 Å². The molecule has 3 heteroatoms. The zero-order chi connectivity index (χ0) is 14.4. The molecule has 0 amide bonds. The number of hydrazine groups is 1. The molecule has 0 aliphatic carbocycles. The molecule has 1 aromatic rings. The predicted molar refractivity (Wildman–Crippen MR) is 81.1 cm³/mol. The van der Waals surface area contributed by atoms with E-state index >= 15 is 0 Å². The average molecular weight is 264 g/mol. The number of aryl methyl sites for hydroxylation is 3. The third-order valence-corrected chi connectivity index (χ3v) is 3.66. The highest BCUT2D eigenvalue weighted by Gasteiger charge is 2.15. The Kier molecular flexibility index (Phi) is 6.49. The second-order valence-corrected chi connectivity index (χ2v) is 5.74. The summed E-state index contributed by atoms with van der Waals surface area (Å²) in [6.45, 7) is 9.48. The maximum atomic E-state index is 5.70. The van der Waals surface area contributed by atoms with Gasteiger partial charge in [-0.3, -0.25) is 11.3 Å². The van der Waals surface area contributed by atoms with Crippen molar-refractivity contribution in [3.63, 3.8) is 0 Å². The number of hydrogen-bond donors (Lipinski definition) is 2. The maximum absolute atomic E-state index is 5.70. The molecule has 0 bridgehead atoms. The van der Waals surface area contributed by atoms with Gasteiger partial charge in [0.25, 0.3) is 0 Å². The minimum atomic E-state index is 0.297. The third-order valence-electron chi connectivity index (χ3n) is 3.66. The normalized spacial score (nSPS) is 14.4. The Balaban J connectivity index is 2.76. The highest BCUT2D eigenvalue weighted by Crippen LogP contribution is 2.20. The molecule has 0 saturated heterocycles. The first-order valence-corrected chi connectivity index (χ1v) is 6.99. The van der Waals surface area contributed by atoms with Gasteiger partial charge in [-0.15, -0.1) is 0 Å². The summed E-state index contributed by atoms with van der Waals surface area (Å²) < 4.78 is 5.19. The van der Waals surface area contributed by atoms with E-state index in [4.69, 9.17) is 10.6 Å². The van der Waals surface area contributed by atoms with Gasteiger partial charge in [-0.1, -0.05) is 24.6 Å². The SMILES string of the molecule is COCC(C)CC(Cc1c(C)cc(C)cc1C)NN. The lowest BCUT2D eigenvalue weighted by Gasteiger charge is -2.22. The van der Waals surface area contributed by atoms with E-state index in [1.807, 2.05) is 0 Å². The van der Waals surface area contributed by atoms with Gasteiger partial charge in [0.15, 0.2) is 0 Å². The molecule has 2 unspecified atom stereocenters. The zero-order valence-electron chi connectivity index (χ0n) is 12.9. The van der Waals surface area contributed by atoms with Crippen LogP contribution in [0, 0.1) is 26.7 Å². The maximum Gasteiger partial charge on any atom is 0.0488 e. The third kappa shape index (κ3) is 4.94. The van der Waals surface area contributed by atoms with Crippen molar-refractivity contribution in [1.29, 1.82) is 0 Å². The Morgan fingerprint density at radius 2 is 1.79 bits per heavy atom. The van der Waals surface area contributed by atoms with Gasteiger partial charge in [0.1, 0.15) is 0 Å². The second-order valence-electron chi connectivity index (χ2n) is 5.74. The summed E-state index contributed by atoms with van der Waals surface area (Å²) in [5, 5.41) is 0. The number of nitrogens with two attached hydrogens (primary N) is 1. The minimum absolute atomic E-state index is 0.297. The largest absolute Gasteiger partial charge is 0.384 e. The van der Waals surface area contributed by atoms with Gasteiger partial charge in [-0.05, 0) is 56.2 Å². The number of ether oxygens (including phenoxy) is 1. The molecule has 0 heterocycles. The lowest BCUT2D eigenvalue weighted by Crippen LogP contribution is -2.38. The van der Waals surface area contributed by atoms with Crippen molar-refractivity contribution in [3.05, 3.63) is 34.4 Å². The summed E-state index contributed by atoms with van der Waals surface area (Å²) in [6, 6.07) is 4.79. The molecule has 0 fully saturated rings. The molecule has 3 N–H and O–H groups in total. The van der Waals surface area contributed by atoms with Crippen molar-refractivity contribution < 1.29 is 4.74 Å². The summed E-state index contributed by atoms with van der Waals surface area (Å²) in [7, 11) is 1.75. The van der Waals surface area contributed by atoms with Crippen LogP contribution in [0.5, 0.6) is 0 Å². The number of benzene rings is 1. The van der Waals surface area contributed by atoms with Crippen LogP contribution in [0.15, 0.2) is 12.1 Å². The molecule has 0 aliphatic heterocycles. The second kappa shape index (κ2) is 7.63. The number of rotatable bonds is 7. The Labute approximate surface area is 117 Å². The van der Waals surface area contributed by atoms with Gasteiger partial charge in [0.05, 0.1) is 0 Å². The van der Waals surface area contributed by atoms with E-state index in [2.05, 4.69) is 45.3 Å². The lowest BCUT2D eigenvalue weighted by molar-refractivity contribution is 0.149. The van der Waals surface area contributed by atoms with E-state index in [0.717, 1.165) is 19.4 Å². The molecule has 1 rings (SSSR count). The molecule has 0 saturated carbocycles. The topological polar surface area (TPSA) is 47.3 Å². The first kappa shape index (κ1) is 16.2. The van der Waals surface area contributed by atoms with Gasteiger partial charge in [0.2, 0.25) is 0 Å². The molecular weight excluding hydrogens is 236 g/mol. The molecule has 3 nitrogen and oxygen atoms in total. The Hall–Kier alpha value is -0.900. The van der Waals surface area contributed by atoms with Gasteiger partial charge in [-0.25, -0.2) is 0 Å². The molecule has 0 radical (unpaired) electrons. The molecular formula is C16H28N2O. The summed E-state index contributed by atoms with van der Waals surface area (Å²) in [5.74, 6) is 6.22. The van der Waals surface area contributed by atoms with E-state index in [0.29, 0.717) is 12.0 Å². The molecule has 1 aromatic carbocycles. The fourth-order valence-corrected chi connectivity index (χ4v) is 2.83. The van der Waals surface area contributed by atoms with Crippen LogP contribution in [0.1, 0.15) is 35.6 Å². The fraction of sp³-hybridized carbons (Fsp3) is 0.625. The smallest absolute Gasteiger partial charge is 0.0488 e. The van der Waals surface area contributed by atoms with Crippen LogP contribution >= 0.6 is 0 Å². The summed E-state index contributed by atoms with van der Waals surface area (Å²) in [4.78, 5) is 0. The predicted octanol–water partition coefficient (Wildman–Crippen LogP) is 2.66. The van der Waals surface area contributed by atoms with Crippen molar-refractivity contribution in [3.8, 4) is 0 Å². The number of nitrogens with one attached hydrogen (secondary N) is 1. The fourth-order valence-electron chi connectivity index (χ4n) is 2.83. The Bertz CT molecular complexity index is 381. The van der Waals surface area contributed by atoms with Crippen molar-refractivity contribution >= 4 is 0 Å². The highest BCUT2D eigenvalue weighted by molar-refractivity contribution is 5.38. The standard InChI is InChI=1S/C16H28N2O/c1-11-6-13(3)16(14(4)7-11)9-15(18-17)8-12(2)10-19-5/h6-7,12,15,18H,8-10,17H2,1-5H3. The first-order chi connectivity index (χ1) is 8.97.